The lowest BCUT2D eigenvalue weighted by Crippen LogP contribution is -2.54. The van der Waals surface area contributed by atoms with Gasteiger partial charge in [0.1, 0.15) is 23.9 Å². The van der Waals surface area contributed by atoms with Crippen LogP contribution >= 0.6 is 11.3 Å². The largest absolute Gasteiger partial charge is 0.445 e. The topological polar surface area (TPSA) is 165 Å². The second kappa shape index (κ2) is 32.0. The van der Waals surface area contributed by atoms with Crippen LogP contribution in [-0.4, -0.2) is 127 Å². The number of Topliss-reactive ketones (excluding diaryl/α,β-unsaturated/α-hetero) is 3. The summed E-state index contributed by atoms with van der Waals surface area (Å²) in [5, 5.41) is 5.87. The number of ketones is 3. The third-order valence-corrected chi connectivity index (χ3v) is 17.0. The lowest BCUT2D eigenvalue weighted by Gasteiger charge is -2.41. The van der Waals surface area contributed by atoms with Crippen molar-refractivity contribution in [1.82, 2.24) is 19.7 Å². The summed E-state index contributed by atoms with van der Waals surface area (Å²) in [6, 6.07) is 17.0. The van der Waals surface area contributed by atoms with Crippen LogP contribution in [0.15, 0.2) is 60.0 Å². The van der Waals surface area contributed by atoms with E-state index >= 15 is 0 Å². The van der Waals surface area contributed by atoms with E-state index in [0.29, 0.717) is 43.1 Å². The van der Waals surface area contributed by atoms with E-state index in [2.05, 4.69) is 26.1 Å². The van der Waals surface area contributed by atoms with E-state index < -0.39 is 36.2 Å². The minimum absolute atomic E-state index is 0.00751. The maximum atomic E-state index is 14.5. The van der Waals surface area contributed by atoms with E-state index in [1.165, 1.54) is 29.1 Å². The SMILES string of the molecule is CCCCCNc1ccc(COC(=O)N(C)CCCC(=O)c2csc([C@@H](CC(=O)[C@H](C)[C@@H](OC)[C@@H]3CCCN3C(=O)C[C@@H](OC)C([C@@H](C)CC)N(C)C(=O)[C@@H](CC(=O)[C@@H](C)C(C)C)C(C)C)Cc3ccccc3)n2)cc1. The number of aromatic nitrogens is 1. The number of hydrogen-bond acceptors (Lipinski definition) is 12. The number of unbranched alkanes of at least 4 members (excludes halogenated alkanes) is 2. The van der Waals surface area contributed by atoms with Gasteiger partial charge >= 0.3 is 6.09 Å². The number of anilines is 1. The van der Waals surface area contributed by atoms with Gasteiger partial charge in [-0.2, -0.15) is 0 Å². The van der Waals surface area contributed by atoms with Gasteiger partial charge in [-0.1, -0.05) is 124 Å². The van der Waals surface area contributed by atoms with Crippen molar-refractivity contribution >= 4 is 52.3 Å². The molecule has 76 heavy (non-hydrogen) atoms. The van der Waals surface area contributed by atoms with Crippen molar-refractivity contribution in [2.45, 2.75) is 176 Å². The Balaban J connectivity index is 1.40. The van der Waals surface area contributed by atoms with E-state index in [9.17, 15) is 28.8 Å². The van der Waals surface area contributed by atoms with E-state index in [1.54, 1.807) is 38.6 Å². The fourth-order valence-corrected chi connectivity index (χ4v) is 11.4. The van der Waals surface area contributed by atoms with Crippen LogP contribution in [0.4, 0.5) is 10.5 Å². The number of likely N-dealkylation sites (N-methyl/N-ethyl adjacent to an activating group) is 1. The quantitative estimate of drug-likeness (QED) is 0.0447. The molecule has 0 aliphatic carbocycles. The van der Waals surface area contributed by atoms with Gasteiger partial charge in [0.15, 0.2) is 5.78 Å². The summed E-state index contributed by atoms with van der Waals surface area (Å²) in [4.78, 5) is 93.0. The highest BCUT2D eigenvalue weighted by Gasteiger charge is 2.43. The number of rotatable bonds is 34. The molecule has 1 aliphatic rings. The molecule has 422 valence electrons. The summed E-state index contributed by atoms with van der Waals surface area (Å²) in [7, 11) is 6.62. The van der Waals surface area contributed by atoms with Crippen LogP contribution in [0.2, 0.25) is 0 Å². The van der Waals surface area contributed by atoms with Crippen molar-refractivity contribution in [3.8, 4) is 0 Å². The zero-order valence-electron chi connectivity index (χ0n) is 48.3. The van der Waals surface area contributed by atoms with Crippen molar-refractivity contribution < 1.29 is 43.0 Å². The highest BCUT2D eigenvalue weighted by molar-refractivity contribution is 7.10. The molecular formula is C61H93N5O9S. The molecule has 1 fully saturated rings. The maximum absolute atomic E-state index is 14.5. The van der Waals surface area contributed by atoms with Crippen LogP contribution in [0, 0.1) is 35.5 Å². The van der Waals surface area contributed by atoms with Gasteiger partial charge in [0.05, 0.1) is 35.7 Å². The van der Waals surface area contributed by atoms with E-state index in [-0.39, 0.29) is 97.1 Å². The third kappa shape index (κ3) is 18.6. The molecule has 3 amide bonds. The first-order chi connectivity index (χ1) is 36.3. The molecule has 1 N–H and O–H groups in total. The van der Waals surface area contributed by atoms with Gasteiger partial charge in [0, 0.05) is 102 Å². The highest BCUT2D eigenvalue weighted by atomic mass is 32.1. The molecule has 0 radical (unpaired) electrons. The smallest absolute Gasteiger partial charge is 0.409 e. The molecule has 2 heterocycles. The summed E-state index contributed by atoms with van der Waals surface area (Å²) in [6.45, 7) is 20.0. The number of carbonyl (C=O) groups is 6. The van der Waals surface area contributed by atoms with E-state index in [0.717, 1.165) is 42.6 Å². The predicted octanol–water partition coefficient (Wildman–Crippen LogP) is 11.7. The molecule has 2 aromatic carbocycles. The molecule has 1 aromatic heterocycles. The number of ether oxygens (including phenoxy) is 3. The first-order valence-electron chi connectivity index (χ1n) is 28.2. The monoisotopic (exact) mass is 1070 g/mol. The van der Waals surface area contributed by atoms with Gasteiger partial charge in [-0.15, -0.1) is 11.3 Å². The number of thiazole rings is 1. The van der Waals surface area contributed by atoms with Crippen LogP contribution < -0.4 is 5.32 Å². The molecule has 0 bridgehead atoms. The van der Waals surface area contributed by atoms with Gasteiger partial charge < -0.3 is 34.2 Å². The normalized spacial score (nSPS) is 16.8. The minimum atomic E-state index is -0.614. The van der Waals surface area contributed by atoms with Crippen molar-refractivity contribution in [2.24, 2.45) is 35.5 Å². The summed E-state index contributed by atoms with van der Waals surface area (Å²) in [5.41, 5.74) is 3.31. The van der Waals surface area contributed by atoms with E-state index in [1.807, 2.05) is 101 Å². The number of likely N-dealkylation sites (tertiary alicyclic amines) is 1. The summed E-state index contributed by atoms with van der Waals surface area (Å²) >= 11 is 1.37. The number of nitrogens with one attached hydrogen (secondary N) is 1. The van der Waals surface area contributed by atoms with Crippen LogP contribution in [0.5, 0.6) is 0 Å². The standard InChI is InChI=1S/C61H93N5O9S/c1-14-16-20-31-62-48-29-27-46(28-30-48)38-75-61(72)64(10)32-22-26-52(67)50-39-76-59(63-50)47(34-45-23-18-17-19-24-45)35-53(68)44(9)58(74-13)51-25-21-33-66(51)56(70)37-55(73-12)57(42(7)15-2)65(11)60(71)49(41(5)6)36-54(69)43(8)40(3)4/h17-19,23-24,27-30,39-44,47,49,51,55,57-58,62H,14-16,20-22,25-26,31-38H2,1-13H3/t42-,43-,44-,47+,49-,51-,55+,57?,58+/m0/s1. The molecular weight excluding hydrogens is 979 g/mol. The number of hydrogen-bond donors (Lipinski definition) is 1. The lowest BCUT2D eigenvalue weighted by atomic mass is 9.82. The van der Waals surface area contributed by atoms with Gasteiger partial charge in [0.25, 0.3) is 0 Å². The Morgan fingerprint density at radius 2 is 1.49 bits per heavy atom. The predicted molar refractivity (Wildman–Crippen MR) is 304 cm³/mol. The Morgan fingerprint density at radius 3 is 2.11 bits per heavy atom. The fraction of sp³-hybridized carbons (Fsp3) is 0.656. The number of nitrogens with zero attached hydrogens (tertiary/aromatic N) is 4. The molecule has 9 atom stereocenters. The van der Waals surface area contributed by atoms with Crippen LogP contribution in [0.1, 0.15) is 165 Å². The summed E-state index contributed by atoms with van der Waals surface area (Å²) < 4.78 is 17.8. The fourth-order valence-electron chi connectivity index (χ4n) is 10.4. The molecule has 1 saturated heterocycles. The second-order valence-corrected chi connectivity index (χ2v) is 23.0. The van der Waals surface area contributed by atoms with Crippen molar-refractivity contribution in [2.75, 3.05) is 53.3 Å². The van der Waals surface area contributed by atoms with Crippen LogP contribution in [0.3, 0.4) is 0 Å². The van der Waals surface area contributed by atoms with Gasteiger partial charge in [-0.25, -0.2) is 9.78 Å². The third-order valence-electron chi connectivity index (χ3n) is 16.0. The second-order valence-electron chi connectivity index (χ2n) is 22.1. The Bertz CT molecular complexity index is 2270. The number of amides is 3. The van der Waals surface area contributed by atoms with E-state index in [4.69, 9.17) is 19.2 Å². The lowest BCUT2D eigenvalue weighted by molar-refractivity contribution is -0.149. The number of benzene rings is 2. The Kier molecular flexibility index (Phi) is 26.8. The van der Waals surface area contributed by atoms with Crippen LogP contribution in [-0.2, 0) is 46.4 Å². The minimum Gasteiger partial charge on any atom is -0.445 e. The summed E-state index contributed by atoms with van der Waals surface area (Å²) in [6.07, 6.45) is 5.52. The van der Waals surface area contributed by atoms with Crippen molar-refractivity contribution in [3.63, 3.8) is 0 Å². The van der Waals surface area contributed by atoms with Crippen molar-refractivity contribution in [3.05, 3.63) is 81.8 Å². The highest BCUT2D eigenvalue weighted by Crippen LogP contribution is 2.34. The van der Waals surface area contributed by atoms with Crippen molar-refractivity contribution in [1.29, 1.82) is 0 Å². The first-order valence-corrected chi connectivity index (χ1v) is 29.0. The average molecular weight is 1070 g/mol. The molecule has 3 aromatic rings. The average Bonchev–Trinajstić information content (AvgIpc) is 4.12. The number of carbonyl (C=O) groups excluding carboxylic acids is 6. The summed E-state index contributed by atoms with van der Waals surface area (Å²) in [5.74, 6) is -1.75. The Hall–Kier alpha value is -4.99. The Morgan fingerprint density at radius 1 is 0.803 bits per heavy atom. The molecule has 1 aliphatic heterocycles. The maximum Gasteiger partial charge on any atom is 0.409 e. The molecule has 0 saturated carbocycles. The molecule has 0 spiro atoms. The molecule has 4 rings (SSSR count). The van der Waals surface area contributed by atoms with Gasteiger partial charge in [0.2, 0.25) is 11.8 Å². The van der Waals surface area contributed by atoms with Gasteiger partial charge in [-0.3, -0.25) is 24.0 Å². The van der Waals surface area contributed by atoms with Crippen LogP contribution in [0.25, 0.3) is 0 Å². The Labute approximate surface area is 459 Å². The van der Waals surface area contributed by atoms with Gasteiger partial charge in [-0.05, 0) is 73.1 Å². The first kappa shape index (κ1) is 63.5. The number of methoxy groups -OCH3 is 2. The zero-order valence-corrected chi connectivity index (χ0v) is 49.1. The molecule has 1 unspecified atom stereocenters. The zero-order chi connectivity index (χ0) is 56.1. The molecule has 14 nitrogen and oxygen atoms in total. The molecule has 15 heteroatoms.